The summed E-state index contributed by atoms with van der Waals surface area (Å²) in [7, 11) is 1.87. The monoisotopic (exact) mass is 267 g/mol. The van der Waals surface area contributed by atoms with Gasteiger partial charge in [0.1, 0.15) is 0 Å². The molecule has 0 radical (unpaired) electrons. The van der Waals surface area contributed by atoms with Crippen LogP contribution in [0.2, 0.25) is 0 Å². The average Bonchev–Trinajstić information content (AvgIpc) is 2.75. The molecule has 1 saturated heterocycles. The van der Waals surface area contributed by atoms with Crippen LogP contribution in [-0.2, 0) is 18.4 Å². The van der Waals surface area contributed by atoms with Gasteiger partial charge in [-0.15, -0.1) is 5.10 Å². The third-order valence-electron chi connectivity index (χ3n) is 3.35. The first-order valence-electron chi connectivity index (χ1n) is 6.63. The van der Waals surface area contributed by atoms with Crippen molar-refractivity contribution in [2.24, 2.45) is 13.0 Å². The van der Waals surface area contributed by atoms with Crippen LogP contribution < -0.4 is 5.32 Å². The van der Waals surface area contributed by atoms with E-state index in [-0.39, 0.29) is 6.54 Å². The Morgan fingerprint density at radius 1 is 1.63 bits per heavy atom. The summed E-state index contributed by atoms with van der Waals surface area (Å²) in [6.07, 6.45) is 4.25. The molecule has 0 amide bonds. The number of carbonyl (C=O) groups is 1. The standard InChI is InChI=1S/C12H21N5O2/c1-16-8-11(14-15-16)9-17-4-2-3-10(7-17)5-13-6-12(18)19/h8,10,13H,2-7,9H2,1H3,(H,18,19). The molecule has 2 N–H and O–H groups in total. The van der Waals surface area contributed by atoms with Crippen molar-refractivity contribution in [1.29, 1.82) is 0 Å². The number of rotatable bonds is 6. The van der Waals surface area contributed by atoms with Crippen LogP contribution in [0, 0.1) is 5.92 Å². The van der Waals surface area contributed by atoms with E-state index in [9.17, 15) is 4.79 Å². The Hall–Kier alpha value is -1.47. The van der Waals surface area contributed by atoms with Gasteiger partial charge in [-0.05, 0) is 31.8 Å². The predicted octanol–water partition coefficient (Wildman–Crippen LogP) is -0.299. The molecule has 0 bridgehead atoms. The number of aromatic nitrogens is 3. The zero-order chi connectivity index (χ0) is 13.7. The van der Waals surface area contributed by atoms with Gasteiger partial charge in [-0.3, -0.25) is 14.4 Å². The SMILES string of the molecule is Cn1cc(CN2CCCC(CNCC(=O)O)C2)nn1. The second kappa shape index (κ2) is 6.63. The maximum Gasteiger partial charge on any atom is 0.317 e. The van der Waals surface area contributed by atoms with Crippen molar-refractivity contribution in [2.75, 3.05) is 26.2 Å². The normalized spacial score (nSPS) is 20.6. The highest BCUT2D eigenvalue weighted by molar-refractivity contribution is 5.68. The maximum absolute atomic E-state index is 10.5. The van der Waals surface area contributed by atoms with E-state index >= 15 is 0 Å². The Kier molecular flexibility index (Phi) is 4.86. The second-order valence-corrected chi connectivity index (χ2v) is 5.15. The van der Waals surface area contributed by atoms with Crippen LogP contribution in [0.15, 0.2) is 6.20 Å². The van der Waals surface area contributed by atoms with Crippen LogP contribution in [0.4, 0.5) is 0 Å². The van der Waals surface area contributed by atoms with E-state index in [1.807, 2.05) is 13.2 Å². The van der Waals surface area contributed by atoms with Gasteiger partial charge < -0.3 is 10.4 Å². The van der Waals surface area contributed by atoms with E-state index < -0.39 is 5.97 Å². The van der Waals surface area contributed by atoms with Crippen molar-refractivity contribution >= 4 is 5.97 Å². The van der Waals surface area contributed by atoms with Crippen LogP contribution in [0.3, 0.4) is 0 Å². The van der Waals surface area contributed by atoms with E-state index in [1.165, 1.54) is 0 Å². The van der Waals surface area contributed by atoms with E-state index in [1.54, 1.807) is 4.68 Å². The first kappa shape index (κ1) is 14.0. The van der Waals surface area contributed by atoms with E-state index in [0.29, 0.717) is 5.92 Å². The van der Waals surface area contributed by atoms with Gasteiger partial charge in [0.2, 0.25) is 0 Å². The minimum Gasteiger partial charge on any atom is -0.480 e. The van der Waals surface area contributed by atoms with Crippen LogP contribution in [-0.4, -0.2) is 57.1 Å². The molecule has 1 fully saturated rings. The van der Waals surface area contributed by atoms with Crippen LogP contribution in [0.1, 0.15) is 18.5 Å². The molecule has 0 aliphatic carbocycles. The molecular formula is C12H21N5O2. The van der Waals surface area contributed by atoms with Crippen molar-refractivity contribution < 1.29 is 9.90 Å². The molecule has 106 valence electrons. The molecule has 2 heterocycles. The molecule has 1 unspecified atom stereocenters. The number of aliphatic carboxylic acids is 1. The summed E-state index contributed by atoms with van der Waals surface area (Å²) in [5.74, 6) is -0.281. The highest BCUT2D eigenvalue weighted by Crippen LogP contribution is 2.17. The lowest BCUT2D eigenvalue weighted by Crippen LogP contribution is -2.40. The summed E-state index contributed by atoms with van der Waals surface area (Å²) in [6.45, 7) is 3.70. The number of nitrogens with zero attached hydrogens (tertiary/aromatic N) is 4. The number of hydrogen-bond acceptors (Lipinski definition) is 5. The topological polar surface area (TPSA) is 83.3 Å². The molecule has 1 aliphatic rings. The smallest absolute Gasteiger partial charge is 0.317 e. The lowest BCUT2D eigenvalue weighted by molar-refractivity contribution is -0.136. The number of nitrogens with one attached hydrogen (secondary N) is 1. The molecule has 7 heteroatoms. The fourth-order valence-corrected chi connectivity index (χ4v) is 2.54. The van der Waals surface area contributed by atoms with Crippen LogP contribution in [0.25, 0.3) is 0 Å². The lowest BCUT2D eigenvalue weighted by Gasteiger charge is -2.32. The van der Waals surface area contributed by atoms with Gasteiger partial charge in [-0.2, -0.15) is 0 Å². The van der Waals surface area contributed by atoms with Gasteiger partial charge in [0.15, 0.2) is 0 Å². The zero-order valence-electron chi connectivity index (χ0n) is 11.2. The van der Waals surface area contributed by atoms with Gasteiger partial charge in [0.05, 0.1) is 12.2 Å². The zero-order valence-corrected chi connectivity index (χ0v) is 11.2. The fraction of sp³-hybridized carbons (Fsp3) is 0.750. The molecule has 19 heavy (non-hydrogen) atoms. The van der Waals surface area contributed by atoms with Gasteiger partial charge in [0, 0.05) is 26.3 Å². The van der Waals surface area contributed by atoms with E-state index in [2.05, 4.69) is 20.5 Å². The van der Waals surface area contributed by atoms with Crippen molar-refractivity contribution in [3.63, 3.8) is 0 Å². The Bertz CT molecular complexity index is 420. The number of piperidine rings is 1. The summed E-state index contributed by atoms with van der Waals surface area (Å²) < 4.78 is 1.71. The predicted molar refractivity (Wildman–Crippen MR) is 69.5 cm³/mol. The summed E-state index contributed by atoms with van der Waals surface area (Å²) in [5.41, 5.74) is 0.988. The molecule has 7 nitrogen and oxygen atoms in total. The Labute approximate surface area is 112 Å². The quantitative estimate of drug-likeness (QED) is 0.736. The van der Waals surface area contributed by atoms with Crippen molar-refractivity contribution in [2.45, 2.75) is 19.4 Å². The molecule has 0 spiro atoms. The number of carboxylic acid groups (broad SMARTS) is 1. The molecule has 1 aliphatic heterocycles. The second-order valence-electron chi connectivity index (χ2n) is 5.15. The lowest BCUT2D eigenvalue weighted by atomic mass is 9.98. The van der Waals surface area contributed by atoms with Crippen LogP contribution >= 0.6 is 0 Å². The van der Waals surface area contributed by atoms with Crippen molar-refractivity contribution in [3.8, 4) is 0 Å². The largest absolute Gasteiger partial charge is 0.480 e. The average molecular weight is 267 g/mol. The van der Waals surface area contributed by atoms with Gasteiger partial charge in [-0.25, -0.2) is 0 Å². The molecular weight excluding hydrogens is 246 g/mol. The Morgan fingerprint density at radius 3 is 3.16 bits per heavy atom. The summed E-state index contributed by atoms with van der Waals surface area (Å²) in [6, 6.07) is 0. The molecule has 1 atom stereocenters. The van der Waals surface area contributed by atoms with Gasteiger partial charge >= 0.3 is 5.97 Å². The first-order chi connectivity index (χ1) is 9.13. The number of aryl methyl sites for hydroxylation is 1. The number of hydrogen-bond donors (Lipinski definition) is 2. The van der Waals surface area contributed by atoms with E-state index in [4.69, 9.17) is 5.11 Å². The Morgan fingerprint density at radius 2 is 2.47 bits per heavy atom. The van der Waals surface area contributed by atoms with Crippen LogP contribution in [0.5, 0.6) is 0 Å². The number of carboxylic acids is 1. The van der Waals surface area contributed by atoms with Crippen molar-refractivity contribution in [1.82, 2.24) is 25.2 Å². The van der Waals surface area contributed by atoms with E-state index in [0.717, 1.165) is 44.7 Å². The highest BCUT2D eigenvalue weighted by atomic mass is 16.4. The van der Waals surface area contributed by atoms with Gasteiger partial charge in [-0.1, -0.05) is 5.21 Å². The fourth-order valence-electron chi connectivity index (χ4n) is 2.54. The molecule has 0 saturated carbocycles. The first-order valence-corrected chi connectivity index (χ1v) is 6.63. The summed E-state index contributed by atoms with van der Waals surface area (Å²) in [5, 5.41) is 19.6. The molecule has 1 aromatic heterocycles. The molecule has 0 aromatic carbocycles. The third kappa shape index (κ3) is 4.60. The van der Waals surface area contributed by atoms with Gasteiger partial charge in [0.25, 0.3) is 0 Å². The minimum absolute atomic E-state index is 0.0423. The maximum atomic E-state index is 10.5. The Balaban J connectivity index is 1.75. The molecule has 1 aromatic rings. The van der Waals surface area contributed by atoms with Crippen molar-refractivity contribution in [3.05, 3.63) is 11.9 Å². The number of likely N-dealkylation sites (tertiary alicyclic amines) is 1. The minimum atomic E-state index is -0.799. The molecule has 2 rings (SSSR count). The summed E-state index contributed by atoms with van der Waals surface area (Å²) >= 11 is 0. The highest BCUT2D eigenvalue weighted by Gasteiger charge is 2.20. The third-order valence-corrected chi connectivity index (χ3v) is 3.35. The summed E-state index contributed by atoms with van der Waals surface area (Å²) in [4.78, 5) is 12.8.